The molecule has 0 aliphatic carbocycles. The van der Waals surface area contributed by atoms with Gasteiger partial charge in [-0.1, -0.05) is 46.8 Å². The fourth-order valence-electron chi connectivity index (χ4n) is 2.00. The fraction of sp³-hybridized carbons (Fsp3) is 0.0588. The highest BCUT2D eigenvalue weighted by molar-refractivity contribution is 8.01. The number of halogens is 2. The number of nitrogens with one attached hydrogen (secondary N) is 2. The van der Waals surface area contributed by atoms with E-state index in [1.807, 2.05) is 6.07 Å². The van der Waals surface area contributed by atoms with Crippen molar-refractivity contribution in [3.8, 4) is 6.07 Å². The highest BCUT2D eigenvalue weighted by atomic mass is 35.5. The molecule has 136 valence electrons. The molecule has 2 N–H and O–H groups in total. The molecule has 0 unspecified atom stereocenters. The van der Waals surface area contributed by atoms with E-state index in [9.17, 15) is 9.18 Å². The number of rotatable bonds is 6. The summed E-state index contributed by atoms with van der Waals surface area (Å²) in [5.41, 5.74) is 1.15. The first-order valence-corrected chi connectivity index (χ1v) is 9.70. The summed E-state index contributed by atoms with van der Waals surface area (Å²) in [5, 5.41) is 23.0. The van der Waals surface area contributed by atoms with E-state index in [0.29, 0.717) is 26.4 Å². The van der Waals surface area contributed by atoms with Crippen molar-refractivity contribution in [2.45, 2.75) is 4.34 Å². The second-order valence-corrected chi connectivity index (χ2v) is 7.73. The van der Waals surface area contributed by atoms with Crippen LogP contribution in [0.4, 0.5) is 20.9 Å². The smallest absolute Gasteiger partial charge is 0.234 e. The van der Waals surface area contributed by atoms with E-state index in [2.05, 4.69) is 20.8 Å². The number of benzene rings is 2. The van der Waals surface area contributed by atoms with Crippen LogP contribution in [0.1, 0.15) is 5.56 Å². The van der Waals surface area contributed by atoms with Gasteiger partial charge >= 0.3 is 0 Å². The summed E-state index contributed by atoms with van der Waals surface area (Å²) in [6, 6.07) is 12.9. The van der Waals surface area contributed by atoms with E-state index in [4.69, 9.17) is 16.9 Å². The molecule has 0 aliphatic heterocycles. The molecule has 0 saturated carbocycles. The predicted octanol–water partition coefficient (Wildman–Crippen LogP) is 4.68. The quantitative estimate of drug-likeness (QED) is 0.564. The minimum absolute atomic E-state index is 0.117. The topological polar surface area (TPSA) is 90.7 Å². The number of thioether (sulfide) groups is 1. The molecule has 1 amide bonds. The number of nitriles is 1. The van der Waals surface area contributed by atoms with Gasteiger partial charge in [0.1, 0.15) is 11.9 Å². The Kier molecular flexibility index (Phi) is 6.24. The van der Waals surface area contributed by atoms with Gasteiger partial charge in [-0.3, -0.25) is 4.79 Å². The fourth-order valence-corrected chi connectivity index (χ4v) is 3.79. The standard InChI is InChI=1S/C17H11ClFN5OS2/c18-12-7-11(6-5-10(12)8-20)21-15(25)9-26-17-24-23-16(27-17)22-14-4-2-1-3-13(14)19/h1-7H,9H2,(H,21,25)(H,22,23). The highest BCUT2D eigenvalue weighted by Crippen LogP contribution is 2.28. The normalized spacial score (nSPS) is 10.3. The lowest BCUT2D eigenvalue weighted by atomic mass is 10.2. The van der Waals surface area contributed by atoms with Crippen LogP contribution in [0.15, 0.2) is 46.8 Å². The molecule has 1 aromatic heterocycles. The van der Waals surface area contributed by atoms with Crippen LogP contribution in [-0.4, -0.2) is 21.9 Å². The maximum atomic E-state index is 13.6. The zero-order chi connectivity index (χ0) is 19.2. The Hall–Kier alpha value is -2.67. The van der Waals surface area contributed by atoms with Crippen LogP contribution < -0.4 is 10.6 Å². The van der Waals surface area contributed by atoms with E-state index in [1.165, 1.54) is 41.3 Å². The summed E-state index contributed by atoms with van der Waals surface area (Å²) in [7, 11) is 0. The number of carbonyl (C=O) groups excluding carboxylic acids is 1. The Labute approximate surface area is 167 Å². The summed E-state index contributed by atoms with van der Waals surface area (Å²) in [6.45, 7) is 0. The van der Waals surface area contributed by atoms with Gasteiger partial charge in [0.25, 0.3) is 0 Å². The van der Waals surface area contributed by atoms with Crippen LogP contribution in [0.25, 0.3) is 0 Å². The van der Waals surface area contributed by atoms with E-state index in [-0.39, 0.29) is 22.5 Å². The van der Waals surface area contributed by atoms with Crippen molar-refractivity contribution >= 4 is 57.1 Å². The lowest BCUT2D eigenvalue weighted by Gasteiger charge is -2.05. The van der Waals surface area contributed by atoms with Gasteiger partial charge in [0.15, 0.2) is 4.34 Å². The van der Waals surface area contributed by atoms with Crippen molar-refractivity contribution in [2.75, 3.05) is 16.4 Å². The molecule has 3 rings (SSSR count). The third kappa shape index (κ3) is 5.17. The Bertz CT molecular complexity index is 1020. The molecular weight excluding hydrogens is 409 g/mol. The summed E-state index contributed by atoms with van der Waals surface area (Å²) in [6.07, 6.45) is 0. The maximum absolute atomic E-state index is 13.6. The third-order valence-electron chi connectivity index (χ3n) is 3.22. The zero-order valence-corrected chi connectivity index (χ0v) is 16.0. The Balaban J connectivity index is 1.54. The van der Waals surface area contributed by atoms with Gasteiger partial charge in [-0.2, -0.15) is 5.26 Å². The van der Waals surface area contributed by atoms with Gasteiger partial charge in [-0.15, -0.1) is 10.2 Å². The molecule has 0 atom stereocenters. The highest BCUT2D eigenvalue weighted by Gasteiger charge is 2.11. The molecule has 0 spiro atoms. The molecule has 0 fully saturated rings. The number of para-hydroxylation sites is 1. The molecular formula is C17H11ClFN5OS2. The van der Waals surface area contributed by atoms with Crippen molar-refractivity contribution in [1.29, 1.82) is 5.26 Å². The number of hydrogen-bond acceptors (Lipinski definition) is 7. The van der Waals surface area contributed by atoms with Crippen LogP contribution in [0.2, 0.25) is 5.02 Å². The molecule has 0 aliphatic rings. The average Bonchev–Trinajstić information content (AvgIpc) is 3.10. The zero-order valence-electron chi connectivity index (χ0n) is 13.6. The summed E-state index contributed by atoms with van der Waals surface area (Å²) < 4.78 is 14.2. The van der Waals surface area contributed by atoms with Crippen molar-refractivity contribution < 1.29 is 9.18 Å². The van der Waals surface area contributed by atoms with Gasteiger partial charge in [-0.25, -0.2) is 4.39 Å². The number of nitrogens with zero attached hydrogens (tertiary/aromatic N) is 3. The van der Waals surface area contributed by atoms with Crippen LogP contribution >= 0.6 is 34.7 Å². The number of carbonyl (C=O) groups is 1. The minimum Gasteiger partial charge on any atom is -0.328 e. The maximum Gasteiger partial charge on any atom is 0.234 e. The second kappa shape index (κ2) is 8.81. The van der Waals surface area contributed by atoms with Gasteiger partial charge < -0.3 is 10.6 Å². The molecule has 0 radical (unpaired) electrons. The predicted molar refractivity (Wildman–Crippen MR) is 105 cm³/mol. The largest absolute Gasteiger partial charge is 0.328 e. The Morgan fingerprint density at radius 2 is 2.11 bits per heavy atom. The van der Waals surface area contributed by atoms with Gasteiger partial charge in [-0.05, 0) is 30.3 Å². The SMILES string of the molecule is N#Cc1ccc(NC(=O)CSc2nnc(Nc3ccccc3F)s2)cc1Cl. The second-order valence-electron chi connectivity index (χ2n) is 5.12. The van der Waals surface area contributed by atoms with Crippen molar-refractivity contribution in [1.82, 2.24) is 10.2 Å². The monoisotopic (exact) mass is 419 g/mol. The van der Waals surface area contributed by atoms with Crippen molar-refractivity contribution in [3.63, 3.8) is 0 Å². The van der Waals surface area contributed by atoms with Gasteiger partial charge in [0.2, 0.25) is 11.0 Å². The van der Waals surface area contributed by atoms with Crippen molar-refractivity contribution in [2.24, 2.45) is 0 Å². The number of anilines is 3. The number of aromatic nitrogens is 2. The van der Waals surface area contributed by atoms with Crippen LogP contribution in [-0.2, 0) is 4.79 Å². The van der Waals surface area contributed by atoms with Crippen LogP contribution in [0.3, 0.4) is 0 Å². The molecule has 27 heavy (non-hydrogen) atoms. The van der Waals surface area contributed by atoms with E-state index < -0.39 is 0 Å². The molecule has 0 bridgehead atoms. The summed E-state index contributed by atoms with van der Waals surface area (Å²) in [4.78, 5) is 12.0. The molecule has 1 heterocycles. The summed E-state index contributed by atoms with van der Waals surface area (Å²) >= 11 is 8.36. The van der Waals surface area contributed by atoms with E-state index in [1.54, 1.807) is 24.3 Å². The van der Waals surface area contributed by atoms with E-state index in [0.717, 1.165) is 0 Å². The van der Waals surface area contributed by atoms with Crippen LogP contribution in [0.5, 0.6) is 0 Å². The van der Waals surface area contributed by atoms with Crippen molar-refractivity contribution in [3.05, 3.63) is 58.9 Å². The molecule has 2 aromatic carbocycles. The summed E-state index contributed by atoms with van der Waals surface area (Å²) in [5.74, 6) is -0.520. The Morgan fingerprint density at radius 1 is 1.30 bits per heavy atom. The first kappa shape index (κ1) is 19.1. The third-order valence-corrected chi connectivity index (χ3v) is 5.51. The first-order valence-electron chi connectivity index (χ1n) is 7.52. The average molecular weight is 420 g/mol. The Morgan fingerprint density at radius 3 is 2.85 bits per heavy atom. The lowest BCUT2D eigenvalue weighted by Crippen LogP contribution is -2.13. The van der Waals surface area contributed by atoms with Crippen LogP contribution in [0, 0.1) is 17.1 Å². The first-order chi connectivity index (χ1) is 13.0. The van der Waals surface area contributed by atoms with Gasteiger partial charge in [0.05, 0.1) is 22.0 Å². The lowest BCUT2D eigenvalue weighted by molar-refractivity contribution is -0.113. The molecule has 3 aromatic rings. The number of amides is 1. The molecule has 10 heteroatoms. The number of hydrogen-bond donors (Lipinski definition) is 2. The molecule has 0 saturated heterocycles. The van der Waals surface area contributed by atoms with Gasteiger partial charge in [0, 0.05) is 5.69 Å². The van der Waals surface area contributed by atoms with E-state index >= 15 is 0 Å². The molecule has 6 nitrogen and oxygen atoms in total. The minimum atomic E-state index is -0.387.